The van der Waals surface area contributed by atoms with E-state index >= 15 is 0 Å². The summed E-state index contributed by atoms with van der Waals surface area (Å²) in [6.45, 7) is 6.38. The maximum Gasteiger partial charge on any atom is 0.228 e. The van der Waals surface area contributed by atoms with Crippen LogP contribution in [0.2, 0.25) is 0 Å². The van der Waals surface area contributed by atoms with Gasteiger partial charge >= 0.3 is 0 Å². The van der Waals surface area contributed by atoms with Gasteiger partial charge in [-0.3, -0.25) is 9.59 Å². The number of piperidine rings is 1. The van der Waals surface area contributed by atoms with E-state index in [9.17, 15) is 14.0 Å². The van der Waals surface area contributed by atoms with E-state index in [2.05, 4.69) is 11.8 Å². The van der Waals surface area contributed by atoms with Crippen molar-refractivity contribution >= 4 is 11.8 Å². The zero-order valence-corrected chi connectivity index (χ0v) is 14.9. The number of rotatable bonds is 3. The molecule has 136 valence electrons. The number of benzene rings is 1. The fourth-order valence-corrected chi connectivity index (χ4v) is 3.93. The van der Waals surface area contributed by atoms with Gasteiger partial charge in [0, 0.05) is 39.6 Å². The van der Waals surface area contributed by atoms with Crippen LogP contribution in [0.3, 0.4) is 0 Å². The van der Waals surface area contributed by atoms with Gasteiger partial charge in [-0.05, 0) is 30.7 Å². The summed E-state index contributed by atoms with van der Waals surface area (Å²) >= 11 is 0. The molecule has 0 N–H and O–H groups in total. The maximum absolute atomic E-state index is 13.3. The molecular formula is C19H26FN3O2. The Morgan fingerprint density at radius 1 is 1.16 bits per heavy atom. The highest BCUT2D eigenvalue weighted by molar-refractivity contribution is 5.85. The summed E-state index contributed by atoms with van der Waals surface area (Å²) in [5.41, 5.74) is 0.822. The Balaban J connectivity index is 1.81. The van der Waals surface area contributed by atoms with Crippen LogP contribution in [0.4, 0.5) is 4.39 Å². The summed E-state index contributed by atoms with van der Waals surface area (Å²) in [6, 6.07) is 5.83. The second kappa shape index (κ2) is 7.52. The number of carbonyl (C=O) groups excluding carboxylic acids is 2. The second-order valence-corrected chi connectivity index (χ2v) is 6.91. The van der Waals surface area contributed by atoms with Crippen molar-refractivity contribution in [3.8, 4) is 0 Å². The molecule has 0 spiro atoms. The Hall–Kier alpha value is -1.95. The van der Waals surface area contributed by atoms with Gasteiger partial charge in [0.15, 0.2) is 0 Å². The van der Waals surface area contributed by atoms with E-state index in [0.717, 1.165) is 38.3 Å². The highest BCUT2D eigenvalue weighted by Crippen LogP contribution is 2.37. The van der Waals surface area contributed by atoms with Gasteiger partial charge in [0.25, 0.3) is 0 Å². The van der Waals surface area contributed by atoms with Crippen molar-refractivity contribution in [1.82, 2.24) is 14.7 Å². The number of likely N-dealkylation sites (N-methyl/N-ethyl adjacent to an activating group) is 1. The Morgan fingerprint density at radius 2 is 1.80 bits per heavy atom. The third-order valence-corrected chi connectivity index (χ3v) is 5.52. The van der Waals surface area contributed by atoms with E-state index in [1.807, 2.05) is 4.90 Å². The molecule has 0 saturated carbocycles. The highest BCUT2D eigenvalue weighted by Gasteiger charge is 2.40. The first kappa shape index (κ1) is 17.9. The Labute approximate surface area is 148 Å². The third kappa shape index (κ3) is 3.68. The van der Waals surface area contributed by atoms with Crippen LogP contribution in [0.25, 0.3) is 0 Å². The number of piperazine rings is 1. The van der Waals surface area contributed by atoms with Crippen LogP contribution in [0.1, 0.15) is 31.4 Å². The van der Waals surface area contributed by atoms with Gasteiger partial charge in [-0.2, -0.15) is 0 Å². The number of nitrogens with zero attached hydrogens (tertiary/aromatic N) is 3. The molecular weight excluding hydrogens is 321 g/mol. The molecule has 2 amide bonds. The quantitative estimate of drug-likeness (QED) is 0.839. The van der Waals surface area contributed by atoms with Crippen LogP contribution >= 0.6 is 0 Å². The van der Waals surface area contributed by atoms with E-state index < -0.39 is 0 Å². The maximum atomic E-state index is 13.3. The molecule has 2 atom stereocenters. The number of hydrogen-bond donors (Lipinski definition) is 0. The van der Waals surface area contributed by atoms with Crippen molar-refractivity contribution in [2.75, 3.05) is 39.8 Å². The van der Waals surface area contributed by atoms with Gasteiger partial charge in [0.05, 0.1) is 12.0 Å². The first-order valence-corrected chi connectivity index (χ1v) is 9.03. The van der Waals surface area contributed by atoms with Gasteiger partial charge < -0.3 is 14.7 Å². The van der Waals surface area contributed by atoms with Gasteiger partial charge in [-0.1, -0.05) is 19.1 Å². The smallest absolute Gasteiger partial charge is 0.228 e. The largest absolute Gasteiger partial charge is 0.340 e. The minimum absolute atomic E-state index is 0.0363. The van der Waals surface area contributed by atoms with Crippen LogP contribution in [-0.2, 0) is 9.59 Å². The highest BCUT2D eigenvalue weighted by atomic mass is 19.1. The van der Waals surface area contributed by atoms with Crippen molar-refractivity contribution in [3.05, 3.63) is 35.6 Å². The predicted octanol–water partition coefficient (Wildman–Crippen LogP) is 1.90. The molecule has 0 radical (unpaired) electrons. The zero-order chi connectivity index (χ0) is 18.0. The molecule has 1 aromatic carbocycles. The third-order valence-electron chi connectivity index (χ3n) is 5.52. The summed E-state index contributed by atoms with van der Waals surface area (Å²) in [7, 11) is 1.74. The molecule has 0 aromatic heterocycles. The summed E-state index contributed by atoms with van der Waals surface area (Å²) in [5.74, 6) is -0.424. The predicted molar refractivity (Wildman–Crippen MR) is 93.3 cm³/mol. The molecule has 2 saturated heterocycles. The van der Waals surface area contributed by atoms with Crippen molar-refractivity contribution in [1.29, 1.82) is 0 Å². The molecule has 2 fully saturated rings. The van der Waals surface area contributed by atoms with E-state index in [-0.39, 0.29) is 29.6 Å². The minimum Gasteiger partial charge on any atom is -0.340 e. The Kier molecular flexibility index (Phi) is 5.37. The topological polar surface area (TPSA) is 43.9 Å². The average Bonchev–Trinajstić information content (AvgIpc) is 2.64. The molecule has 3 rings (SSSR count). The summed E-state index contributed by atoms with van der Waals surface area (Å²) in [4.78, 5) is 31.3. The van der Waals surface area contributed by atoms with Crippen LogP contribution in [0.5, 0.6) is 0 Å². The summed E-state index contributed by atoms with van der Waals surface area (Å²) < 4.78 is 13.3. The SMILES string of the molecule is CCN1CCN(C(=O)[C@H]2CCC(=O)N(C)[C@H]2c2ccc(F)cc2)CC1. The normalized spacial score (nSPS) is 25.3. The lowest BCUT2D eigenvalue weighted by atomic mass is 9.83. The fraction of sp³-hybridized carbons (Fsp3) is 0.579. The van der Waals surface area contributed by atoms with Crippen molar-refractivity contribution < 1.29 is 14.0 Å². The minimum atomic E-state index is -0.321. The van der Waals surface area contributed by atoms with Crippen molar-refractivity contribution in [3.63, 3.8) is 0 Å². The standard InChI is InChI=1S/C19H26FN3O2/c1-3-22-10-12-23(13-11-22)19(25)16-8-9-17(24)21(2)18(16)14-4-6-15(20)7-5-14/h4-7,16,18H,3,8-13H2,1-2H3/t16-,18-/m0/s1. The van der Waals surface area contributed by atoms with E-state index in [0.29, 0.717) is 12.8 Å². The van der Waals surface area contributed by atoms with Crippen molar-refractivity contribution in [2.24, 2.45) is 5.92 Å². The number of likely N-dealkylation sites (tertiary alicyclic amines) is 1. The first-order chi connectivity index (χ1) is 12.0. The van der Waals surface area contributed by atoms with Gasteiger partial charge in [0.2, 0.25) is 11.8 Å². The first-order valence-electron chi connectivity index (χ1n) is 9.03. The monoisotopic (exact) mass is 347 g/mol. The molecule has 25 heavy (non-hydrogen) atoms. The van der Waals surface area contributed by atoms with Gasteiger partial charge in [0.1, 0.15) is 5.82 Å². The van der Waals surface area contributed by atoms with Crippen LogP contribution in [0.15, 0.2) is 24.3 Å². The lowest BCUT2D eigenvalue weighted by Gasteiger charge is -2.42. The van der Waals surface area contributed by atoms with E-state index in [1.165, 1.54) is 12.1 Å². The molecule has 0 unspecified atom stereocenters. The van der Waals surface area contributed by atoms with E-state index in [1.54, 1.807) is 24.1 Å². The van der Waals surface area contributed by atoms with Crippen LogP contribution in [-0.4, -0.2) is 66.3 Å². The Bertz CT molecular complexity index is 626. The number of carbonyl (C=O) groups is 2. The van der Waals surface area contributed by atoms with Crippen molar-refractivity contribution in [2.45, 2.75) is 25.8 Å². The molecule has 2 heterocycles. The zero-order valence-electron chi connectivity index (χ0n) is 14.9. The fourth-order valence-electron chi connectivity index (χ4n) is 3.93. The Morgan fingerprint density at radius 3 is 2.40 bits per heavy atom. The number of hydrogen-bond acceptors (Lipinski definition) is 3. The molecule has 2 aliphatic heterocycles. The average molecular weight is 347 g/mol. The van der Waals surface area contributed by atoms with Gasteiger partial charge in [-0.15, -0.1) is 0 Å². The molecule has 6 heteroatoms. The number of halogens is 1. The lowest BCUT2D eigenvalue weighted by Crippen LogP contribution is -2.53. The van der Waals surface area contributed by atoms with Gasteiger partial charge in [-0.25, -0.2) is 4.39 Å². The molecule has 0 aliphatic carbocycles. The second-order valence-electron chi connectivity index (χ2n) is 6.91. The summed E-state index contributed by atoms with van der Waals surface area (Å²) in [6.07, 6.45) is 0.942. The molecule has 2 aliphatic rings. The van der Waals surface area contributed by atoms with Crippen LogP contribution < -0.4 is 0 Å². The summed E-state index contributed by atoms with van der Waals surface area (Å²) in [5, 5.41) is 0. The molecule has 0 bridgehead atoms. The van der Waals surface area contributed by atoms with Crippen LogP contribution in [0, 0.1) is 11.7 Å². The number of amides is 2. The molecule has 1 aromatic rings. The lowest BCUT2D eigenvalue weighted by molar-refractivity contribution is -0.147. The van der Waals surface area contributed by atoms with E-state index in [4.69, 9.17) is 0 Å². The molecule has 5 nitrogen and oxygen atoms in total.